The number of nitrogens with zero attached hydrogens (tertiary/aromatic N) is 2. The lowest BCUT2D eigenvalue weighted by atomic mass is 10.1. The lowest BCUT2D eigenvalue weighted by Crippen LogP contribution is -2.11. The van der Waals surface area contributed by atoms with Crippen LogP contribution in [0.1, 0.15) is 25.1 Å². The van der Waals surface area contributed by atoms with Gasteiger partial charge in [-0.2, -0.15) is 4.98 Å². The van der Waals surface area contributed by atoms with Gasteiger partial charge in [-0.1, -0.05) is 5.16 Å². The van der Waals surface area contributed by atoms with E-state index in [2.05, 4.69) is 15.5 Å². The third-order valence-electron chi connectivity index (χ3n) is 2.53. The third-order valence-corrected chi connectivity index (χ3v) is 3.63. The average molecular weight is 236 g/mol. The van der Waals surface area contributed by atoms with E-state index < -0.39 is 4.33 Å². The van der Waals surface area contributed by atoms with Crippen molar-refractivity contribution in [3.05, 3.63) is 11.7 Å². The monoisotopic (exact) mass is 235 g/mol. The predicted octanol–water partition coefficient (Wildman–Crippen LogP) is 1.62. The molecule has 1 atom stereocenters. The summed E-state index contributed by atoms with van der Waals surface area (Å²) in [5.41, 5.74) is -0.380. The Hall–Kier alpha value is -0.320. The van der Waals surface area contributed by atoms with Crippen LogP contribution < -0.4 is 5.32 Å². The Kier molecular flexibility index (Phi) is 2.25. The zero-order valence-corrected chi connectivity index (χ0v) is 9.48. The van der Waals surface area contributed by atoms with Gasteiger partial charge in [0.2, 0.25) is 5.89 Å². The number of halogens is 2. The molecule has 0 spiro atoms. The van der Waals surface area contributed by atoms with Crippen molar-refractivity contribution in [3.63, 3.8) is 0 Å². The summed E-state index contributed by atoms with van der Waals surface area (Å²) in [7, 11) is 1.82. The number of aromatic nitrogens is 2. The van der Waals surface area contributed by atoms with Crippen LogP contribution in [0.25, 0.3) is 0 Å². The van der Waals surface area contributed by atoms with Crippen LogP contribution in [0.5, 0.6) is 0 Å². The van der Waals surface area contributed by atoms with Crippen LogP contribution >= 0.6 is 23.2 Å². The van der Waals surface area contributed by atoms with Crippen LogP contribution in [-0.2, 0) is 12.0 Å². The molecule has 1 aliphatic rings. The first kappa shape index (κ1) is 10.2. The van der Waals surface area contributed by atoms with Crippen LogP contribution in [0.15, 0.2) is 4.52 Å². The number of alkyl halides is 2. The highest BCUT2D eigenvalue weighted by Crippen LogP contribution is 2.64. The molecule has 0 aliphatic heterocycles. The van der Waals surface area contributed by atoms with Gasteiger partial charge in [-0.25, -0.2) is 0 Å². The van der Waals surface area contributed by atoms with Crippen molar-refractivity contribution < 1.29 is 4.52 Å². The van der Waals surface area contributed by atoms with Crippen LogP contribution in [0.3, 0.4) is 0 Å². The molecule has 1 aliphatic carbocycles. The zero-order chi connectivity index (χ0) is 10.4. The molecule has 1 saturated carbocycles. The van der Waals surface area contributed by atoms with Crippen LogP contribution in [-0.4, -0.2) is 21.5 Å². The second kappa shape index (κ2) is 3.08. The van der Waals surface area contributed by atoms with Crippen molar-refractivity contribution in [2.45, 2.75) is 29.6 Å². The first-order valence-electron chi connectivity index (χ1n) is 4.35. The van der Waals surface area contributed by atoms with Crippen LogP contribution in [0.2, 0.25) is 0 Å². The van der Waals surface area contributed by atoms with E-state index in [9.17, 15) is 0 Å². The van der Waals surface area contributed by atoms with Gasteiger partial charge in [0.25, 0.3) is 0 Å². The van der Waals surface area contributed by atoms with E-state index in [0.29, 0.717) is 24.7 Å². The molecule has 6 heteroatoms. The SMILES string of the molecule is CNCc1noc(C2(C)CC2(Cl)Cl)n1. The lowest BCUT2D eigenvalue weighted by Gasteiger charge is -2.04. The normalized spacial score (nSPS) is 29.1. The summed E-state index contributed by atoms with van der Waals surface area (Å²) in [4.78, 5) is 4.22. The standard InChI is InChI=1S/C8H11Cl2N3O/c1-7(4-8(7,9)10)6-12-5(3-11-2)13-14-6/h11H,3-4H2,1-2H3. The van der Waals surface area contributed by atoms with Gasteiger partial charge >= 0.3 is 0 Å². The van der Waals surface area contributed by atoms with E-state index in [1.54, 1.807) is 0 Å². The minimum Gasteiger partial charge on any atom is -0.339 e. The molecular formula is C8H11Cl2N3O. The molecule has 4 nitrogen and oxygen atoms in total. The summed E-state index contributed by atoms with van der Waals surface area (Å²) >= 11 is 12.0. The molecule has 1 aromatic heterocycles. The highest BCUT2D eigenvalue weighted by molar-refractivity contribution is 6.52. The van der Waals surface area contributed by atoms with Gasteiger partial charge in [0.05, 0.1) is 12.0 Å². The fourth-order valence-corrected chi connectivity index (χ4v) is 2.04. The molecule has 1 unspecified atom stereocenters. The lowest BCUT2D eigenvalue weighted by molar-refractivity contribution is 0.347. The Labute approximate surface area is 92.0 Å². The van der Waals surface area contributed by atoms with Gasteiger partial charge in [0.15, 0.2) is 5.82 Å². The van der Waals surface area contributed by atoms with Crippen molar-refractivity contribution in [2.75, 3.05) is 7.05 Å². The van der Waals surface area contributed by atoms with E-state index in [-0.39, 0.29) is 5.41 Å². The molecule has 1 heterocycles. The molecule has 0 amide bonds. The summed E-state index contributed by atoms with van der Waals surface area (Å²) in [5.74, 6) is 1.15. The van der Waals surface area contributed by atoms with Crippen molar-refractivity contribution in [3.8, 4) is 0 Å². The van der Waals surface area contributed by atoms with Gasteiger partial charge in [-0.15, -0.1) is 23.2 Å². The van der Waals surface area contributed by atoms with Crippen molar-refractivity contribution >= 4 is 23.2 Å². The smallest absolute Gasteiger partial charge is 0.235 e. The second-order valence-electron chi connectivity index (χ2n) is 3.76. The molecule has 0 bridgehead atoms. The molecule has 14 heavy (non-hydrogen) atoms. The summed E-state index contributed by atoms with van der Waals surface area (Å²) < 4.78 is 4.36. The molecule has 0 radical (unpaired) electrons. The maximum Gasteiger partial charge on any atom is 0.235 e. The minimum absolute atomic E-state index is 0.380. The highest BCUT2D eigenvalue weighted by Gasteiger charge is 2.67. The molecule has 78 valence electrons. The number of hydrogen-bond acceptors (Lipinski definition) is 4. The molecule has 1 fully saturated rings. The van der Waals surface area contributed by atoms with E-state index in [1.807, 2.05) is 14.0 Å². The number of nitrogens with one attached hydrogen (secondary N) is 1. The van der Waals surface area contributed by atoms with Crippen molar-refractivity contribution in [1.29, 1.82) is 0 Å². The Balaban J connectivity index is 2.19. The first-order chi connectivity index (χ1) is 6.49. The predicted molar refractivity (Wildman–Crippen MR) is 53.5 cm³/mol. The molecule has 2 rings (SSSR count). The quantitative estimate of drug-likeness (QED) is 0.810. The summed E-state index contributed by atoms with van der Waals surface area (Å²) in [6.45, 7) is 2.50. The minimum atomic E-state index is -0.754. The molecule has 0 saturated heterocycles. The van der Waals surface area contributed by atoms with Gasteiger partial charge in [-0.05, 0) is 20.4 Å². The van der Waals surface area contributed by atoms with E-state index >= 15 is 0 Å². The molecular weight excluding hydrogens is 225 g/mol. The van der Waals surface area contributed by atoms with Gasteiger partial charge in [0.1, 0.15) is 4.33 Å². The van der Waals surface area contributed by atoms with Crippen molar-refractivity contribution in [2.24, 2.45) is 0 Å². The fourth-order valence-electron chi connectivity index (χ4n) is 1.34. The maximum absolute atomic E-state index is 5.99. The highest BCUT2D eigenvalue weighted by atomic mass is 35.5. The van der Waals surface area contributed by atoms with Gasteiger partial charge in [0, 0.05) is 0 Å². The summed E-state index contributed by atoms with van der Waals surface area (Å²) in [6, 6.07) is 0. The average Bonchev–Trinajstić information content (AvgIpc) is 2.51. The first-order valence-corrected chi connectivity index (χ1v) is 5.11. The Bertz CT molecular complexity index is 352. The van der Waals surface area contributed by atoms with E-state index in [1.165, 1.54) is 0 Å². The summed E-state index contributed by atoms with van der Waals surface area (Å²) in [6.07, 6.45) is 0.657. The largest absolute Gasteiger partial charge is 0.339 e. The Morgan fingerprint density at radius 1 is 1.57 bits per heavy atom. The third kappa shape index (κ3) is 1.42. The van der Waals surface area contributed by atoms with E-state index in [4.69, 9.17) is 27.7 Å². The number of rotatable bonds is 3. The number of hydrogen-bond donors (Lipinski definition) is 1. The zero-order valence-electron chi connectivity index (χ0n) is 7.97. The van der Waals surface area contributed by atoms with Crippen molar-refractivity contribution in [1.82, 2.24) is 15.5 Å². The maximum atomic E-state index is 5.99. The Morgan fingerprint density at radius 3 is 2.71 bits per heavy atom. The van der Waals surface area contributed by atoms with Crippen LogP contribution in [0.4, 0.5) is 0 Å². The summed E-state index contributed by atoms with van der Waals surface area (Å²) in [5, 5.41) is 6.75. The topological polar surface area (TPSA) is 51.0 Å². The fraction of sp³-hybridized carbons (Fsp3) is 0.750. The van der Waals surface area contributed by atoms with Crippen LogP contribution in [0, 0.1) is 0 Å². The van der Waals surface area contributed by atoms with Gasteiger partial charge < -0.3 is 9.84 Å². The Morgan fingerprint density at radius 2 is 2.21 bits per heavy atom. The second-order valence-corrected chi connectivity index (χ2v) is 5.24. The molecule has 1 N–H and O–H groups in total. The molecule has 1 aromatic rings. The van der Waals surface area contributed by atoms with E-state index in [0.717, 1.165) is 0 Å². The molecule has 0 aromatic carbocycles. The van der Waals surface area contributed by atoms with Gasteiger partial charge in [-0.3, -0.25) is 0 Å².